The first-order chi connectivity index (χ1) is 16.6. The smallest absolute Gasteiger partial charge is 0.235 e. The van der Waals surface area contributed by atoms with Crippen LogP contribution in [0.15, 0.2) is 106 Å². The molecule has 4 nitrogen and oxygen atoms in total. The average molecular weight is 489 g/mol. The van der Waals surface area contributed by atoms with E-state index in [1.807, 2.05) is 66.7 Å². The lowest BCUT2D eigenvalue weighted by Crippen LogP contribution is -2.10. The predicted molar refractivity (Wildman–Crippen MR) is 135 cm³/mol. The van der Waals surface area contributed by atoms with Gasteiger partial charge in [-0.2, -0.15) is 0 Å². The van der Waals surface area contributed by atoms with Crippen LogP contribution in [0.3, 0.4) is 0 Å². The van der Waals surface area contributed by atoms with Gasteiger partial charge in [-0.15, -0.1) is 0 Å². The van der Waals surface area contributed by atoms with Gasteiger partial charge in [0, 0.05) is 10.6 Å². The summed E-state index contributed by atoms with van der Waals surface area (Å²) in [6.07, 6.45) is 0. The Labute approximate surface area is 205 Å². The third-order valence-electron chi connectivity index (χ3n) is 5.19. The molecule has 6 heteroatoms. The van der Waals surface area contributed by atoms with Gasteiger partial charge in [-0.3, -0.25) is 4.79 Å². The monoisotopic (exact) mass is 488 g/mol. The van der Waals surface area contributed by atoms with Gasteiger partial charge in [-0.25, -0.2) is 0 Å². The van der Waals surface area contributed by atoms with Gasteiger partial charge < -0.3 is 13.9 Å². The van der Waals surface area contributed by atoms with Crippen molar-refractivity contribution in [2.24, 2.45) is 0 Å². The Morgan fingerprint density at radius 1 is 0.765 bits per heavy atom. The minimum atomic E-state index is -0.324. The van der Waals surface area contributed by atoms with Gasteiger partial charge in [0.25, 0.3) is 0 Å². The molecule has 0 aliphatic carbocycles. The minimum Gasteiger partial charge on any atom is -0.481 e. The normalized spacial score (nSPS) is 10.9. The van der Waals surface area contributed by atoms with Crippen LogP contribution in [-0.4, -0.2) is 0 Å². The van der Waals surface area contributed by atoms with Crippen molar-refractivity contribution in [3.05, 3.63) is 123 Å². The summed E-state index contributed by atoms with van der Waals surface area (Å²) in [5.41, 5.74) is 1.46. The molecule has 0 spiro atoms. The van der Waals surface area contributed by atoms with Crippen molar-refractivity contribution >= 4 is 34.2 Å². The molecule has 1 aromatic heterocycles. The molecule has 5 aromatic rings. The van der Waals surface area contributed by atoms with E-state index >= 15 is 0 Å². The second kappa shape index (κ2) is 9.64. The molecule has 1 heterocycles. The van der Waals surface area contributed by atoms with Gasteiger partial charge in [-0.05, 0) is 60.2 Å². The minimum absolute atomic E-state index is 0.0669. The fourth-order valence-electron chi connectivity index (χ4n) is 3.58. The molecule has 0 bridgehead atoms. The summed E-state index contributed by atoms with van der Waals surface area (Å²) in [6.45, 7) is 0.125. The zero-order chi connectivity index (χ0) is 23.5. The van der Waals surface area contributed by atoms with Gasteiger partial charge in [0.05, 0.1) is 10.4 Å². The van der Waals surface area contributed by atoms with E-state index < -0.39 is 0 Å². The van der Waals surface area contributed by atoms with Crippen LogP contribution in [0.25, 0.3) is 22.3 Å². The Kier molecular flexibility index (Phi) is 6.26. The first kappa shape index (κ1) is 22.1. The third-order valence-corrected chi connectivity index (χ3v) is 5.75. The standard InChI is InChI=1S/C28H18Cl2O4/c29-19-13-14-25-23(16-19)26(31)28(27(34-25)22-11-4-5-12-24(22)30)32-17-18-7-6-10-21(15-18)33-20-8-2-1-3-9-20/h1-16H,17H2. The van der Waals surface area contributed by atoms with Crippen molar-refractivity contribution in [3.8, 4) is 28.6 Å². The summed E-state index contributed by atoms with van der Waals surface area (Å²) < 4.78 is 18.1. The third kappa shape index (κ3) is 4.65. The lowest BCUT2D eigenvalue weighted by atomic mass is 10.1. The summed E-state index contributed by atoms with van der Waals surface area (Å²) in [5, 5.41) is 1.21. The molecule has 5 rings (SSSR count). The van der Waals surface area contributed by atoms with Crippen molar-refractivity contribution in [2.75, 3.05) is 0 Å². The van der Waals surface area contributed by atoms with E-state index in [-0.39, 0.29) is 23.5 Å². The molecule has 168 valence electrons. The number of benzene rings is 4. The average Bonchev–Trinajstić information content (AvgIpc) is 2.85. The summed E-state index contributed by atoms with van der Waals surface area (Å²) in [4.78, 5) is 13.4. The Balaban J connectivity index is 1.52. The highest BCUT2D eigenvalue weighted by molar-refractivity contribution is 6.33. The number of para-hydroxylation sites is 1. The molecular formula is C28H18Cl2O4. The zero-order valence-corrected chi connectivity index (χ0v) is 19.3. The zero-order valence-electron chi connectivity index (χ0n) is 17.8. The van der Waals surface area contributed by atoms with Crippen LogP contribution in [0.2, 0.25) is 10.0 Å². The summed E-state index contributed by atoms with van der Waals surface area (Å²) in [6, 6.07) is 29.0. The lowest BCUT2D eigenvalue weighted by Gasteiger charge is -2.13. The number of hydrogen-bond donors (Lipinski definition) is 0. The first-order valence-electron chi connectivity index (χ1n) is 10.5. The Morgan fingerprint density at radius 3 is 2.35 bits per heavy atom. The van der Waals surface area contributed by atoms with Crippen LogP contribution in [0.5, 0.6) is 17.2 Å². The number of halogens is 2. The molecule has 0 aliphatic rings. The van der Waals surface area contributed by atoms with E-state index in [2.05, 4.69) is 0 Å². The highest BCUT2D eigenvalue weighted by Crippen LogP contribution is 2.36. The Bertz CT molecular complexity index is 1530. The van der Waals surface area contributed by atoms with Crippen molar-refractivity contribution in [2.45, 2.75) is 6.61 Å². The number of rotatable bonds is 6. The van der Waals surface area contributed by atoms with Crippen molar-refractivity contribution in [1.82, 2.24) is 0 Å². The van der Waals surface area contributed by atoms with Crippen LogP contribution in [0, 0.1) is 0 Å². The largest absolute Gasteiger partial charge is 0.481 e. The van der Waals surface area contributed by atoms with E-state index in [9.17, 15) is 4.79 Å². The highest BCUT2D eigenvalue weighted by Gasteiger charge is 2.20. The van der Waals surface area contributed by atoms with Crippen LogP contribution < -0.4 is 14.9 Å². The number of fused-ring (bicyclic) bond motifs is 1. The topological polar surface area (TPSA) is 48.7 Å². The van der Waals surface area contributed by atoms with Crippen LogP contribution >= 0.6 is 23.2 Å². The number of hydrogen-bond acceptors (Lipinski definition) is 4. The molecule has 0 unspecified atom stereocenters. The van der Waals surface area contributed by atoms with Gasteiger partial charge >= 0.3 is 0 Å². The van der Waals surface area contributed by atoms with E-state index in [0.29, 0.717) is 32.3 Å². The maximum Gasteiger partial charge on any atom is 0.235 e. The Hall–Kier alpha value is -3.73. The van der Waals surface area contributed by atoms with Gasteiger partial charge in [0.1, 0.15) is 23.7 Å². The summed E-state index contributed by atoms with van der Waals surface area (Å²) in [5.74, 6) is 1.73. The summed E-state index contributed by atoms with van der Waals surface area (Å²) in [7, 11) is 0. The highest BCUT2D eigenvalue weighted by atomic mass is 35.5. The molecular weight excluding hydrogens is 471 g/mol. The number of ether oxygens (including phenoxy) is 2. The molecule has 34 heavy (non-hydrogen) atoms. The molecule has 0 atom stereocenters. The van der Waals surface area contributed by atoms with E-state index in [1.165, 1.54) is 0 Å². The first-order valence-corrected chi connectivity index (χ1v) is 11.3. The van der Waals surface area contributed by atoms with E-state index in [1.54, 1.807) is 30.3 Å². The second-order valence-electron chi connectivity index (χ2n) is 7.56. The maximum absolute atomic E-state index is 13.4. The Morgan fingerprint density at radius 2 is 1.53 bits per heavy atom. The molecule has 0 aliphatic heterocycles. The van der Waals surface area contributed by atoms with E-state index in [0.717, 1.165) is 11.3 Å². The molecule has 0 saturated carbocycles. The van der Waals surface area contributed by atoms with Crippen LogP contribution in [0.4, 0.5) is 0 Å². The van der Waals surface area contributed by atoms with Crippen molar-refractivity contribution in [1.29, 1.82) is 0 Å². The maximum atomic E-state index is 13.4. The molecule has 0 fully saturated rings. The van der Waals surface area contributed by atoms with E-state index in [4.69, 9.17) is 37.1 Å². The molecule has 0 radical (unpaired) electrons. The fourth-order valence-corrected chi connectivity index (χ4v) is 3.98. The van der Waals surface area contributed by atoms with Crippen molar-refractivity contribution < 1.29 is 13.9 Å². The molecule has 0 saturated heterocycles. The SMILES string of the molecule is O=c1c(OCc2cccc(Oc3ccccc3)c2)c(-c2ccccc2Cl)oc2ccc(Cl)cc12. The van der Waals surface area contributed by atoms with Crippen LogP contribution in [-0.2, 0) is 6.61 Å². The second-order valence-corrected chi connectivity index (χ2v) is 8.40. The van der Waals surface area contributed by atoms with Gasteiger partial charge in [-0.1, -0.05) is 65.7 Å². The quantitative estimate of drug-likeness (QED) is 0.242. The van der Waals surface area contributed by atoms with Gasteiger partial charge in [0.15, 0.2) is 5.76 Å². The van der Waals surface area contributed by atoms with Crippen LogP contribution in [0.1, 0.15) is 5.56 Å². The molecule has 0 N–H and O–H groups in total. The van der Waals surface area contributed by atoms with Gasteiger partial charge in [0.2, 0.25) is 11.2 Å². The van der Waals surface area contributed by atoms with Crippen molar-refractivity contribution in [3.63, 3.8) is 0 Å². The lowest BCUT2D eigenvalue weighted by molar-refractivity contribution is 0.297. The summed E-state index contributed by atoms with van der Waals surface area (Å²) >= 11 is 12.5. The molecule has 4 aromatic carbocycles. The predicted octanol–water partition coefficient (Wildman–Crippen LogP) is 8.14. The fraction of sp³-hybridized carbons (Fsp3) is 0.0357. The molecule has 0 amide bonds.